The number of benzene rings is 1. The fraction of sp³-hybridized carbons (Fsp3) is 0.562. The molecule has 1 aliphatic heterocycles. The Kier molecular flexibility index (Phi) is 6.15. The van der Waals surface area contributed by atoms with Crippen LogP contribution in [0.1, 0.15) is 34.7 Å². The summed E-state index contributed by atoms with van der Waals surface area (Å²) < 4.78 is 24.5. The third-order valence-electron chi connectivity index (χ3n) is 4.12. The molecule has 1 aromatic carbocycles. The number of nitrogens with zero attached hydrogens (tertiary/aromatic N) is 1. The molecule has 23 heavy (non-hydrogen) atoms. The zero-order valence-electron chi connectivity index (χ0n) is 13.7. The molecule has 1 amide bonds. The monoisotopic (exact) mass is 339 g/mol. The van der Waals surface area contributed by atoms with Crippen LogP contribution in [-0.2, 0) is 10.0 Å². The molecule has 1 unspecified atom stereocenters. The van der Waals surface area contributed by atoms with Crippen LogP contribution < -0.4 is 10.6 Å². The molecule has 7 heteroatoms. The lowest BCUT2D eigenvalue weighted by Gasteiger charge is -2.23. The maximum absolute atomic E-state index is 12.2. The Labute approximate surface area is 138 Å². The van der Waals surface area contributed by atoms with Gasteiger partial charge < -0.3 is 10.6 Å². The summed E-state index contributed by atoms with van der Waals surface area (Å²) >= 11 is 0. The average Bonchev–Trinajstić information content (AvgIpc) is 2.55. The second-order valence-corrected chi connectivity index (χ2v) is 8.33. The van der Waals surface area contributed by atoms with Crippen LogP contribution in [0.25, 0.3) is 0 Å². The van der Waals surface area contributed by atoms with Crippen LogP contribution >= 0.6 is 0 Å². The van der Waals surface area contributed by atoms with Gasteiger partial charge in [-0.2, -0.15) is 0 Å². The SMILES string of the molecule is CN(C)S(=O)(=O)CCNC(=O)c1cccc(C2CCCNC2)c1. The molecule has 128 valence electrons. The first kappa shape index (κ1) is 17.9. The lowest BCUT2D eigenvalue weighted by molar-refractivity contribution is 0.0956. The molecule has 0 aromatic heterocycles. The molecule has 1 atom stereocenters. The van der Waals surface area contributed by atoms with Gasteiger partial charge in [0.1, 0.15) is 0 Å². The Morgan fingerprint density at radius 1 is 1.39 bits per heavy atom. The highest BCUT2D eigenvalue weighted by molar-refractivity contribution is 7.89. The fourth-order valence-electron chi connectivity index (χ4n) is 2.65. The maximum Gasteiger partial charge on any atom is 0.251 e. The van der Waals surface area contributed by atoms with E-state index >= 15 is 0 Å². The zero-order valence-corrected chi connectivity index (χ0v) is 14.5. The minimum atomic E-state index is -3.29. The lowest BCUT2D eigenvalue weighted by atomic mass is 9.90. The summed E-state index contributed by atoms with van der Waals surface area (Å²) in [4.78, 5) is 12.2. The van der Waals surface area contributed by atoms with Crippen LogP contribution in [0, 0.1) is 0 Å². The van der Waals surface area contributed by atoms with Crippen molar-refractivity contribution in [3.63, 3.8) is 0 Å². The van der Waals surface area contributed by atoms with Gasteiger partial charge in [-0.05, 0) is 43.0 Å². The number of hydrogen-bond acceptors (Lipinski definition) is 4. The van der Waals surface area contributed by atoms with Gasteiger partial charge in [0.15, 0.2) is 0 Å². The number of hydrogen-bond donors (Lipinski definition) is 2. The Morgan fingerprint density at radius 3 is 2.83 bits per heavy atom. The molecule has 2 N–H and O–H groups in total. The van der Waals surface area contributed by atoms with E-state index in [0.29, 0.717) is 11.5 Å². The highest BCUT2D eigenvalue weighted by Crippen LogP contribution is 2.23. The summed E-state index contributed by atoms with van der Waals surface area (Å²) in [7, 11) is -0.321. The first-order chi connectivity index (χ1) is 10.9. The third-order valence-corrected chi connectivity index (χ3v) is 5.95. The first-order valence-electron chi connectivity index (χ1n) is 7.89. The van der Waals surface area contributed by atoms with Crippen molar-refractivity contribution < 1.29 is 13.2 Å². The van der Waals surface area contributed by atoms with Crippen molar-refractivity contribution >= 4 is 15.9 Å². The molecule has 1 saturated heterocycles. The van der Waals surface area contributed by atoms with Gasteiger partial charge >= 0.3 is 0 Å². The van der Waals surface area contributed by atoms with Crippen LogP contribution in [0.2, 0.25) is 0 Å². The largest absolute Gasteiger partial charge is 0.351 e. The van der Waals surface area contributed by atoms with Crippen molar-refractivity contribution in [3.8, 4) is 0 Å². The van der Waals surface area contributed by atoms with Crippen LogP contribution in [0.3, 0.4) is 0 Å². The van der Waals surface area contributed by atoms with E-state index in [9.17, 15) is 13.2 Å². The van der Waals surface area contributed by atoms with E-state index in [1.165, 1.54) is 14.1 Å². The van der Waals surface area contributed by atoms with Crippen molar-refractivity contribution in [1.29, 1.82) is 0 Å². The number of nitrogens with one attached hydrogen (secondary N) is 2. The number of carbonyl (C=O) groups is 1. The summed E-state index contributed by atoms with van der Waals surface area (Å²) in [5.41, 5.74) is 1.74. The van der Waals surface area contributed by atoms with Crippen molar-refractivity contribution in [2.75, 3.05) is 39.5 Å². The van der Waals surface area contributed by atoms with Gasteiger partial charge in [0.25, 0.3) is 5.91 Å². The lowest BCUT2D eigenvalue weighted by Crippen LogP contribution is -2.34. The molecule has 0 radical (unpaired) electrons. The number of rotatable bonds is 6. The number of sulfonamides is 1. The van der Waals surface area contributed by atoms with Gasteiger partial charge in [-0.3, -0.25) is 4.79 Å². The van der Waals surface area contributed by atoms with Crippen LogP contribution in [0.4, 0.5) is 0 Å². The standard InChI is InChI=1S/C16H25N3O3S/c1-19(2)23(21,22)10-9-18-16(20)14-6-3-5-13(11-14)15-7-4-8-17-12-15/h3,5-6,11,15,17H,4,7-10,12H2,1-2H3,(H,18,20). The second kappa shape index (κ2) is 7.90. The van der Waals surface area contributed by atoms with Crippen LogP contribution in [-0.4, -0.2) is 58.1 Å². The van der Waals surface area contributed by atoms with E-state index in [0.717, 1.165) is 35.8 Å². The van der Waals surface area contributed by atoms with E-state index in [1.807, 2.05) is 18.2 Å². The Hall–Kier alpha value is -1.44. The molecule has 0 saturated carbocycles. The normalized spacial score (nSPS) is 18.8. The number of piperidine rings is 1. The molecule has 1 heterocycles. The maximum atomic E-state index is 12.2. The summed E-state index contributed by atoms with van der Waals surface area (Å²) in [6, 6.07) is 7.60. The van der Waals surface area contributed by atoms with Crippen LogP contribution in [0.5, 0.6) is 0 Å². The predicted octanol–water partition coefficient (Wildman–Crippen LogP) is 0.775. The van der Waals surface area contributed by atoms with E-state index in [4.69, 9.17) is 0 Å². The minimum Gasteiger partial charge on any atom is -0.351 e. The molecule has 6 nitrogen and oxygen atoms in total. The first-order valence-corrected chi connectivity index (χ1v) is 9.50. The zero-order chi connectivity index (χ0) is 16.9. The third kappa shape index (κ3) is 5.02. The number of carbonyl (C=O) groups excluding carboxylic acids is 1. The summed E-state index contributed by atoms with van der Waals surface area (Å²) in [6.07, 6.45) is 2.27. The van der Waals surface area contributed by atoms with Crippen molar-refractivity contribution in [2.45, 2.75) is 18.8 Å². The van der Waals surface area contributed by atoms with Gasteiger partial charge in [-0.25, -0.2) is 12.7 Å². The molecule has 2 rings (SSSR count). The van der Waals surface area contributed by atoms with E-state index in [-0.39, 0.29) is 18.2 Å². The fourth-order valence-corrected chi connectivity index (χ4v) is 3.37. The van der Waals surface area contributed by atoms with Crippen LogP contribution in [0.15, 0.2) is 24.3 Å². The van der Waals surface area contributed by atoms with Gasteiger partial charge in [-0.1, -0.05) is 12.1 Å². The summed E-state index contributed by atoms with van der Waals surface area (Å²) in [5.74, 6) is 0.105. The summed E-state index contributed by atoms with van der Waals surface area (Å²) in [6.45, 7) is 2.09. The van der Waals surface area contributed by atoms with E-state index < -0.39 is 10.0 Å². The minimum absolute atomic E-state index is 0.0992. The number of amides is 1. The van der Waals surface area contributed by atoms with E-state index in [1.54, 1.807) is 6.07 Å². The quantitative estimate of drug-likeness (QED) is 0.803. The molecule has 0 spiro atoms. The molecular weight excluding hydrogens is 314 g/mol. The average molecular weight is 339 g/mol. The predicted molar refractivity (Wildman–Crippen MR) is 91.1 cm³/mol. The highest BCUT2D eigenvalue weighted by Gasteiger charge is 2.17. The Bertz CT molecular complexity index is 638. The van der Waals surface area contributed by atoms with Gasteiger partial charge in [0.05, 0.1) is 5.75 Å². The second-order valence-electron chi connectivity index (χ2n) is 6.02. The molecule has 1 fully saturated rings. The van der Waals surface area contributed by atoms with Crippen molar-refractivity contribution in [3.05, 3.63) is 35.4 Å². The Morgan fingerprint density at radius 2 is 2.17 bits per heavy atom. The Balaban J connectivity index is 1.94. The van der Waals surface area contributed by atoms with Gasteiger partial charge in [0.2, 0.25) is 10.0 Å². The van der Waals surface area contributed by atoms with E-state index in [2.05, 4.69) is 10.6 Å². The van der Waals surface area contributed by atoms with Crippen molar-refractivity contribution in [1.82, 2.24) is 14.9 Å². The highest BCUT2D eigenvalue weighted by atomic mass is 32.2. The molecule has 0 bridgehead atoms. The smallest absolute Gasteiger partial charge is 0.251 e. The summed E-state index contributed by atoms with van der Waals surface area (Å²) in [5, 5.41) is 6.05. The van der Waals surface area contributed by atoms with Crippen molar-refractivity contribution in [2.24, 2.45) is 0 Å². The topological polar surface area (TPSA) is 78.5 Å². The molecule has 0 aliphatic carbocycles. The van der Waals surface area contributed by atoms with Gasteiger partial charge in [-0.15, -0.1) is 0 Å². The molecule has 1 aliphatic rings. The molecular formula is C16H25N3O3S. The molecule has 1 aromatic rings. The van der Waals surface area contributed by atoms with Gasteiger partial charge in [0, 0.05) is 32.7 Å².